The molecular formula is C12H13ClN2O2S. The molecule has 1 heterocycles. The van der Waals surface area contributed by atoms with Gasteiger partial charge in [0, 0.05) is 17.5 Å². The van der Waals surface area contributed by atoms with Crippen molar-refractivity contribution >= 4 is 40.2 Å². The van der Waals surface area contributed by atoms with Crippen LogP contribution < -0.4 is 5.32 Å². The van der Waals surface area contributed by atoms with Crippen molar-refractivity contribution in [3.05, 3.63) is 28.8 Å². The molecule has 1 atom stereocenters. The standard InChI is InChI=1S/C12H13ClN2O2S/c1-18-11-6-9(14-12(16)17)5-7-4-8(13)2-3-10(7)15-11/h2-4,9,14H,5-6H2,1H3,(H,16,17). The number of thioether (sulfide) groups is 1. The molecule has 1 aliphatic rings. The molecule has 1 aliphatic heterocycles. The zero-order valence-electron chi connectivity index (χ0n) is 9.81. The molecule has 6 heteroatoms. The molecule has 18 heavy (non-hydrogen) atoms. The Morgan fingerprint density at radius 2 is 2.33 bits per heavy atom. The quantitative estimate of drug-likeness (QED) is 0.832. The van der Waals surface area contributed by atoms with Crippen molar-refractivity contribution in [3.8, 4) is 0 Å². The molecule has 0 aromatic heterocycles. The maximum absolute atomic E-state index is 10.8. The van der Waals surface area contributed by atoms with Gasteiger partial charge >= 0.3 is 6.09 Å². The minimum absolute atomic E-state index is 0.159. The molecular weight excluding hydrogens is 272 g/mol. The highest BCUT2D eigenvalue weighted by Gasteiger charge is 2.20. The molecule has 0 fully saturated rings. The molecule has 1 unspecified atom stereocenters. The number of nitrogens with zero attached hydrogens (tertiary/aromatic N) is 1. The Balaban J connectivity index is 2.34. The number of hydrogen-bond donors (Lipinski definition) is 2. The van der Waals surface area contributed by atoms with Gasteiger partial charge in [-0.3, -0.25) is 0 Å². The van der Waals surface area contributed by atoms with Crippen molar-refractivity contribution in [2.45, 2.75) is 18.9 Å². The third-order valence-electron chi connectivity index (χ3n) is 2.74. The van der Waals surface area contributed by atoms with Crippen LogP contribution >= 0.6 is 23.4 Å². The van der Waals surface area contributed by atoms with E-state index >= 15 is 0 Å². The molecule has 1 aromatic rings. The summed E-state index contributed by atoms with van der Waals surface area (Å²) in [5.41, 5.74) is 1.85. The summed E-state index contributed by atoms with van der Waals surface area (Å²) in [6.07, 6.45) is 2.15. The molecule has 2 rings (SSSR count). The highest BCUT2D eigenvalue weighted by molar-refractivity contribution is 8.13. The lowest BCUT2D eigenvalue weighted by molar-refractivity contribution is 0.190. The molecule has 2 N–H and O–H groups in total. The first-order chi connectivity index (χ1) is 8.58. The minimum atomic E-state index is -1.01. The summed E-state index contributed by atoms with van der Waals surface area (Å²) in [5, 5.41) is 12.9. The maximum atomic E-state index is 10.8. The number of carbonyl (C=O) groups is 1. The number of carboxylic acid groups (broad SMARTS) is 1. The number of fused-ring (bicyclic) bond motifs is 1. The van der Waals surface area contributed by atoms with E-state index in [0.717, 1.165) is 16.3 Å². The van der Waals surface area contributed by atoms with E-state index < -0.39 is 6.09 Å². The van der Waals surface area contributed by atoms with Crippen LogP contribution in [0.5, 0.6) is 0 Å². The lowest BCUT2D eigenvalue weighted by atomic mass is 10.0. The Labute approximate surface area is 114 Å². The van der Waals surface area contributed by atoms with Gasteiger partial charge in [0.2, 0.25) is 0 Å². The second-order valence-electron chi connectivity index (χ2n) is 4.04. The second kappa shape index (κ2) is 5.63. The van der Waals surface area contributed by atoms with Crippen molar-refractivity contribution in [3.63, 3.8) is 0 Å². The summed E-state index contributed by atoms with van der Waals surface area (Å²) in [6.45, 7) is 0. The summed E-state index contributed by atoms with van der Waals surface area (Å²) in [4.78, 5) is 15.3. The fourth-order valence-electron chi connectivity index (χ4n) is 1.96. The van der Waals surface area contributed by atoms with Crippen molar-refractivity contribution < 1.29 is 9.90 Å². The zero-order valence-corrected chi connectivity index (χ0v) is 11.4. The van der Waals surface area contributed by atoms with Crippen LogP contribution in [0.2, 0.25) is 5.02 Å². The highest BCUT2D eigenvalue weighted by Crippen LogP contribution is 2.29. The van der Waals surface area contributed by atoms with Crippen LogP contribution in [0.1, 0.15) is 12.0 Å². The van der Waals surface area contributed by atoms with Crippen molar-refractivity contribution in [2.24, 2.45) is 4.99 Å². The molecule has 0 spiro atoms. The van der Waals surface area contributed by atoms with Crippen LogP contribution in [-0.2, 0) is 6.42 Å². The summed E-state index contributed by atoms with van der Waals surface area (Å²) < 4.78 is 0. The summed E-state index contributed by atoms with van der Waals surface area (Å²) in [5.74, 6) is 0. The van der Waals surface area contributed by atoms with Gasteiger partial charge in [0.1, 0.15) is 0 Å². The average molecular weight is 285 g/mol. The smallest absolute Gasteiger partial charge is 0.404 e. The van der Waals surface area contributed by atoms with E-state index in [4.69, 9.17) is 16.7 Å². The topological polar surface area (TPSA) is 61.7 Å². The first-order valence-electron chi connectivity index (χ1n) is 5.48. The molecule has 4 nitrogen and oxygen atoms in total. The van der Waals surface area contributed by atoms with E-state index in [0.29, 0.717) is 17.9 Å². The average Bonchev–Trinajstić information content (AvgIpc) is 2.46. The third-order valence-corrected chi connectivity index (χ3v) is 3.70. The first kappa shape index (κ1) is 13.2. The molecule has 1 amide bonds. The van der Waals surface area contributed by atoms with E-state index in [1.807, 2.05) is 18.4 Å². The van der Waals surface area contributed by atoms with Crippen molar-refractivity contribution in [1.82, 2.24) is 5.32 Å². The normalized spacial score (nSPS) is 18.6. The minimum Gasteiger partial charge on any atom is -0.465 e. The molecule has 0 aliphatic carbocycles. The number of rotatable bonds is 1. The van der Waals surface area contributed by atoms with Crippen LogP contribution in [0.15, 0.2) is 23.2 Å². The summed E-state index contributed by atoms with van der Waals surface area (Å²) >= 11 is 7.51. The lowest BCUT2D eigenvalue weighted by Crippen LogP contribution is -2.36. The van der Waals surface area contributed by atoms with Gasteiger partial charge in [0.05, 0.1) is 10.7 Å². The zero-order chi connectivity index (χ0) is 13.1. The van der Waals surface area contributed by atoms with E-state index in [1.54, 1.807) is 17.8 Å². The monoisotopic (exact) mass is 284 g/mol. The largest absolute Gasteiger partial charge is 0.465 e. The van der Waals surface area contributed by atoms with Gasteiger partial charge in [0.25, 0.3) is 0 Å². The van der Waals surface area contributed by atoms with Crippen LogP contribution in [0.4, 0.5) is 10.5 Å². The third kappa shape index (κ3) is 3.17. The van der Waals surface area contributed by atoms with E-state index in [2.05, 4.69) is 10.3 Å². The van der Waals surface area contributed by atoms with Gasteiger partial charge < -0.3 is 10.4 Å². The number of amides is 1. The molecule has 0 radical (unpaired) electrons. The Hall–Kier alpha value is -1.20. The van der Waals surface area contributed by atoms with Crippen LogP contribution in [-0.4, -0.2) is 28.5 Å². The van der Waals surface area contributed by atoms with Gasteiger partial charge in [0.15, 0.2) is 0 Å². The SMILES string of the molecule is CSC1=Nc2ccc(Cl)cc2CC(NC(=O)O)C1. The molecule has 0 saturated heterocycles. The number of halogens is 1. The van der Waals surface area contributed by atoms with Crippen LogP contribution in [0.25, 0.3) is 0 Å². The fraction of sp³-hybridized carbons (Fsp3) is 0.333. The van der Waals surface area contributed by atoms with Gasteiger partial charge in [-0.15, -0.1) is 11.8 Å². The summed E-state index contributed by atoms with van der Waals surface area (Å²) in [7, 11) is 0. The van der Waals surface area contributed by atoms with Gasteiger partial charge in [-0.1, -0.05) is 11.6 Å². The van der Waals surface area contributed by atoms with Gasteiger partial charge in [-0.25, -0.2) is 9.79 Å². The van der Waals surface area contributed by atoms with E-state index in [1.165, 1.54) is 0 Å². The van der Waals surface area contributed by atoms with E-state index in [-0.39, 0.29) is 6.04 Å². The predicted octanol–water partition coefficient (Wildman–Crippen LogP) is 3.32. The lowest BCUT2D eigenvalue weighted by Gasteiger charge is -2.15. The van der Waals surface area contributed by atoms with Crippen LogP contribution in [0.3, 0.4) is 0 Å². The molecule has 0 bridgehead atoms. The van der Waals surface area contributed by atoms with Crippen LogP contribution in [0, 0.1) is 0 Å². The second-order valence-corrected chi connectivity index (χ2v) is 5.35. The number of aliphatic imine (C=N–C) groups is 1. The van der Waals surface area contributed by atoms with Gasteiger partial charge in [-0.05, 0) is 36.4 Å². The number of hydrogen-bond acceptors (Lipinski definition) is 3. The Morgan fingerprint density at radius 3 is 3.00 bits per heavy atom. The van der Waals surface area contributed by atoms with Crippen molar-refractivity contribution in [1.29, 1.82) is 0 Å². The molecule has 0 saturated carbocycles. The first-order valence-corrected chi connectivity index (χ1v) is 7.08. The molecule has 96 valence electrons. The number of benzene rings is 1. The fourth-order valence-corrected chi connectivity index (χ4v) is 2.71. The predicted molar refractivity (Wildman–Crippen MR) is 75.3 cm³/mol. The highest BCUT2D eigenvalue weighted by atomic mass is 35.5. The van der Waals surface area contributed by atoms with Gasteiger partial charge in [-0.2, -0.15) is 0 Å². The summed E-state index contributed by atoms with van der Waals surface area (Å²) in [6, 6.07) is 5.36. The Kier molecular flexibility index (Phi) is 4.14. The Bertz CT molecular complexity index is 505. The van der Waals surface area contributed by atoms with E-state index in [9.17, 15) is 4.79 Å². The maximum Gasteiger partial charge on any atom is 0.404 e. The molecule has 1 aromatic carbocycles. The number of nitrogens with one attached hydrogen (secondary N) is 1. The Morgan fingerprint density at radius 1 is 1.56 bits per heavy atom. The van der Waals surface area contributed by atoms with Crippen molar-refractivity contribution in [2.75, 3.05) is 6.26 Å².